The number of aromatic amines is 1. The third-order valence-corrected chi connectivity index (χ3v) is 2.66. The van der Waals surface area contributed by atoms with Gasteiger partial charge in [0.1, 0.15) is 6.10 Å². The van der Waals surface area contributed by atoms with Crippen molar-refractivity contribution in [3.8, 4) is 0 Å². The summed E-state index contributed by atoms with van der Waals surface area (Å²) in [6, 6.07) is 1.96. The van der Waals surface area contributed by atoms with Crippen molar-refractivity contribution in [2.75, 3.05) is 26.7 Å². The van der Waals surface area contributed by atoms with Gasteiger partial charge in [-0.25, -0.2) is 0 Å². The summed E-state index contributed by atoms with van der Waals surface area (Å²) in [5.74, 6) is 0.0356. The van der Waals surface area contributed by atoms with Gasteiger partial charge in [0.05, 0.1) is 6.61 Å². The second-order valence-electron chi connectivity index (χ2n) is 3.98. The molecule has 2 heterocycles. The van der Waals surface area contributed by atoms with Crippen molar-refractivity contribution in [2.24, 2.45) is 0 Å². The van der Waals surface area contributed by atoms with Crippen molar-refractivity contribution in [2.45, 2.75) is 12.6 Å². The Kier molecular flexibility index (Phi) is 3.58. The van der Waals surface area contributed by atoms with Gasteiger partial charge in [0.15, 0.2) is 0 Å². The quantitative estimate of drug-likeness (QED) is 0.756. The maximum atomic E-state index is 12.0. The first kappa shape index (κ1) is 11.2. The van der Waals surface area contributed by atoms with Crippen molar-refractivity contribution in [1.82, 2.24) is 15.2 Å². The predicted molar refractivity (Wildman–Crippen MR) is 59.9 cm³/mol. The van der Waals surface area contributed by atoms with E-state index in [0.717, 1.165) is 12.1 Å². The fraction of sp³-hybridized carbons (Fsp3) is 0.545. The molecule has 1 aromatic rings. The molecule has 2 N–H and O–H groups in total. The van der Waals surface area contributed by atoms with Crippen molar-refractivity contribution >= 4 is 5.91 Å². The zero-order chi connectivity index (χ0) is 11.4. The Morgan fingerprint density at radius 1 is 1.69 bits per heavy atom. The number of hydrogen-bond acceptors (Lipinski definition) is 3. The molecular weight excluding hydrogens is 206 g/mol. The lowest BCUT2D eigenvalue weighted by Crippen LogP contribution is -2.48. The summed E-state index contributed by atoms with van der Waals surface area (Å²) < 4.78 is 5.42. The molecule has 2 rings (SSSR count). The molecular formula is C11H17N3O2. The number of carbonyl (C=O) groups is 1. The van der Waals surface area contributed by atoms with Gasteiger partial charge in [-0.15, -0.1) is 0 Å². The Morgan fingerprint density at radius 2 is 2.56 bits per heavy atom. The van der Waals surface area contributed by atoms with Crippen LogP contribution in [0.4, 0.5) is 0 Å². The predicted octanol–water partition coefficient (Wildman–Crippen LogP) is -0.0385. The molecule has 1 fully saturated rings. The molecule has 88 valence electrons. The van der Waals surface area contributed by atoms with E-state index in [9.17, 15) is 4.79 Å². The molecule has 1 saturated heterocycles. The number of aromatic nitrogens is 1. The Hall–Kier alpha value is -1.33. The van der Waals surface area contributed by atoms with E-state index in [0.29, 0.717) is 19.7 Å². The summed E-state index contributed by atoms with van der Waals surface area (Å²) in [5, 5.41) is 3.15. The van der Waals surface area contributed by atoms with Crippen LogP contribution in [0, 0.1) is 0 Å². The van der Waals surface area contributed by atoms with Crippen molar-refractivity contribution in [1.29, 1.82) is 0 Å². The van der Waals surface area contributed by atoms with Crippen molar-refractivity contribution in [3.63, 3.8) is 0 Å². The SMILES string of the molecule is CN(Cc1cc[nH]c1)C(=O)C1CNCCO1. The second-order valence-corrected chi connectivity index (χ2v) is 3.98. The highest BCUT2D eigenvalue weighted by Gasteiger charge is 2.24. The van der Waals surface area contributed by atoms with E-state index in [1.165, 1.54) is 0 Å². The first-order chi connectivity index (χ1) is 7.77. The van der Waals surface area contributed by atoms with Gasteiger partial charge in [-0.3, -0.25) is 4.79 Å². The smallest absolute Gasteiger partial charge is 0.253 e. The van der Waals surface area contributed by atoms with Gasteiger partial charge in [0.25, 0.3) is 5.91 Å². The minimum Gasteiger partial charge on any atom is -0.367 e. The molecule has 1 aromatic heterocycles. The van der Waals surface area contributed by atoms with E-state index in [1.54, 1.807) is 11.9 Å². The first-order valence-corrected chi connectivity index (χ1v) is 5.46. The van der Waals surface area contributed by atoms with Gasteiger partial charge < -0.3 is 19.9 Å². The van der Waals surface area contributed by atoms with Crippen molar-refractivity contribution < 1.29 is 9.53 Å². The van der Waals surface area contributed by atoms with Crippen LogP contribution in [0.15, 0.2) is 18.5 Å². The Labute approximate surface area is 94.8 Å². The van der Waals surface area contributed by atoms with E-state index in [-0.39, 0.29) is 12.0 Å². The van der Waals surface area contributed by atoms with Crippen LogP contribution in [0.25, 0.3) is 0 Å². The van der Waals surface area contributed by atoms with Crippen LogP contribution < -0.4 is 5.32 Å². The number of nitrogens with one attached hydrogen (secondary N) is 2. The summed E-state index contributed by atoms with van der Waals surface area (Å²) in [6.45, 7) is 2.65. The summed E-state index contributed by atoms with van der Waals surface area (Å²) >= 11 is 0. The average Bonchev–Trinajstić information content (AvgIpc) is 2.82. The molecule has 0 spiro atoms. The maximum absolute atomic E-state index is 12.0. The number of hydrogen-bond donors (Lipinski definition) is 2. The van der Waals surface area contributed by atoms with Crippen LogP contribution in [0.2, 0.25) is 0 Å². The highest BCUT2D eigenvalue weighted by atomic mass is 16.5. The number of likely N-dealkylation sites (N-methyl/N-ethyl adjacent to an activating group) is 1. The maximum Gasteiger partial charge on any atom is 0.253 e. The number of H-pyrrole nitrogens is 1. The second kappa shape index (κ2) is 5.14. The molecule has 0 bridgehead atoms. The number of rotatable bonds is 3. The van der Waals surface area contributed by atoms with Gasteiger partial charge in [-0.1, -0.05) is 0 Å². The van der Waals surface area contributed by atoms with Crippen LogP contribution in [-0.4, -0.2) is 48.6 Å². The summed E-state index contributed by atoms with van der Waals surface area (Å²) in [5.41, 5.74) is 1.10. The van der Waals surface area contributed by atoms with E-state index < -0.39 is 0 Å². The molecule has 1 atom stereocenters. The molecule has 1 aliphatic heterocycles. The van der Waals surface area contributed by atoms with Gasteiger partial charge in [0.2, 0.25) is 0 Å². The largest absolute Gasteiger partial charge is 0.367 e. The highest BCUT2D eigenvalue weighted by molar-refractivity contribution is 5.81. The zero-order valence-corrected chi connectivity index (χ0v) is 9.40. The Bertz CT molecular complexity index is 331. The van der Waals surface area contributed by atoms with E-state index in [1.807, 2.05) is 18.5 Å². The molecule has 1 amide bonds. The fourth-order valence-corrected chi connectivity index (χ4v) is 1.78. The summed E-state index contributed by atoms with van der Waals surface area (Å²) in [6.07, 6.45) is 3.41. The highest BCUT2D eigenvalue weighted by Crippen LogP contribution is 2.06. The first-order valence-electron chi connectivity index (χ1n) is 5.46. The number of ether oxygens (including phenoxy) is 1. The molecule has 0 aliphatic carbocycles. The molecule has 0 saturated carbocycles. The van der Waals surface area contributed by atoms with Crippen LogP contribution >= 0.6 is 0 Å². The third kappa shape index (κ3) is 2.62. The topological polar surface area (TPSA) is 57.4 Å². The molecule has 1 aliphatic rings. The van der Waals surface area contributed by atoms with E-state index >= 15 is 0 Å². The summed E-state index contributed by atoms with van der Waals surface area (Å²) in [7, 11) is 1.80. The normalized spacial score (nSPS) is 20.7. The number of amides is 1. The lowest BCUT2D eigenvalue weighted by atomic mass is 10.2. The molecule has 5 heteroatoms. The van der Waals surface area contributed by atoms with Crippen LogP contribution in [0.3, 0.4) is 0 Å². The Morgan fingerprint density at radius 3 is 3.19 bits per heavy atom. The van der Waals surface area contributed by atoms with E-state index in [2.05, 4.69) is 10.3 Å². The van der Waals surface area contributed by atoms with E-state index in [4.69, 9.17) is 4.74 Å². The zero-order valence-electron chi connectivity index (χ0n) is 9.40. The van der Waals surface area contributed by atoms with Crippen LogP contribution in [-0.2, 0) is 16.1 Å². The fourth-order valence-electron chi connectivity index (χ4n) is 1.78. The standard InChI is InChI=1S/C11H17N3O2/c1-14(8-9-2-3-12-6-9)11(15)10-7-13-4-5-16-10/h2-3,6,10,12-13H,4-5,7-8H2,1H3. The molecule has 0 aromatic carbocycles. The lowest BCUT2D eigenvalue weighted by molar-refractivity contribution is -0.144. The van der Waals surface area contributed by atoms with Crippen LogP contribution in [0.1, 0.15) is 5.56 Å². The minimum absolute atomic E-state index is 0.0356. The van der Waals surface area contributed by atoms with Gasteiger partial charge >= 0.3 is 0 Å². The minimum atomic E-state index is -0.335. The molecule has 0 radical (unpaired) electrons. The summed E-state index contributed by atoms with van der Waals surface area (Å²) in [4.78, 5) is 16.6. The number of nitrogens with zero attached hydrogens (tertiary/aromatic N) is 1. The Balaban J connectivity index is 1.88. The van der Waals surface area contributed by atoms with Gasteiger partial charge in [-0.2, -0.15) is 0 Å². The van der Waals surface area contributed by atoms with Crippen LogP contribution in [0.5, 0.6) is 0 Å². The van der Waals surface area contributed by atoms with Gasteiger partial charge in [0, 0.05) is 39.1 Å². The number of morpholine rings is 1. The molecule has 1 unspecified atom stereocenters. The molecule has 16 heavy (non-hydrogen) atoms. The average molecular weight is 223 g/mol. The van der Waals surface area contributed by atoms with Crippen molar-refractivity contribution in [3.05, 3.63) is 24.0 Å². The lowest BCUT2D eigenvalue weighted by Gasteiger charge is -2.27. The monoisotopic (exact) mass is 223 g/mol. The van der Waals surface area contributed by atoms with Gasteiger partial charge in [-0.05, 0) is 11.6 Å². The third-order valence-electron chi connectivity index (χ3n) is 2.66. The molecule has 5 nitrogen and oxygen atoms in total. The number of carbonyl (C=O) groups excluding carboxylic acids is 1.